The smallest absolute Gasteiger partial charge is 0.433 e. The van der Waals surface area contributed by atoms with E-state index in [1.807, 2.05) is 0 Å². The van der Waals surface area contributed by atoms with Gasteiger partial charge in [0.25, 0.3) is 0 Å². The first kappa shape index (κ1) is 15.2. The molecule has 2 rings (SSSR count). The first-order valence-corrected chi connectivity index (χ1v) is 6.02. The Morgan fingerprint density at radius 2 is 1.90 bits per heavy atom. The number of nitrogens with two attached hydrogens (primary N) is 1. The Kier molecular flexibility index (Phi) is 4.13. The molecule has 1 aromatic carbocycles. The zero-order valence-corrected chi connectivity index (χ0v) is 11.0. The van der Waals surface area contributed by atoms with Gasteiger partial charge in [-0.05, 0) is 30.7 Å². The van der Waals surface area contributed by atoms with Crippen LogP contribution in [0.5, 0.6) is 11.6 Å². The van der Waals surface area contributed by atoms with Crippen LogP contribution in [0.15, 0.2) is 30.3 Å². The Balaban J connectivity index is 2.44. The Labute approximate surface area is 118 Å². The molecule has 0 fully saturated rings. The second-order valence-electron chi connectivity index (χ2n) is 4.40. The van der Waals surface area contributed by atoms with Gasteiger partial charge in [0.1, 0.15) is 5.69 Å². The number of hydrogen-bond acceptors (Lipinski definition) is 3. The van der Waals surface area contributed by atoms with Gasteiger partial charge in [-0.25, -0.2) is 9.37 Å². The van der Waals surface area contributed by atoms with Gasteiger partial charge in [-0.3, -0.25) is 0 Å². The van der Waals surface area contributed by atoms with E-state index in [1.54, 1.807) is 6.92 Å². The summed E-state index contributed by atoms with van der Waals surface area (Å²) in [5.74, 6) is -1.24. The summed E-state index contributed by atoms with van der Waals surface area (Å²) in [5.41, 5.74) is 5.27. The van der Waals surface area contributed by atoms with E-state index in [1.165, 1.54) is 24.3 Å². The van der Waals surface area contributed by atoms with E-state index in [0.717, 1.165) is 6.07 Å². The minimum atomic E-state index is -4.61. The molecule has 0 aliphatic heterocycles. The quantitative estimate of drug-likeness (QED) is 0.877. The number of ether oxygens (including phenoxy) is 1. The van der Waals surface area contributed by atoms with E-state index in [-0.39, 0.29) is 23.7 Å². The standard InChI is InChI=1S/C14H12F4N2O/c1-8-2-4-10(15)11(6-8)21-13-9(7-19)3-5-12(20-13)14(16,17)18/h2-6H,7,19H2,1H3. The van der Waals surface area contributed by atoms with Gasteiger partial charge < -0.3 is 10.5 Å². The van der Waals surface area contributed by atoms with Gasteiger partial charge in [0.2, 0.25) is 5.88 Å². The summed E-state index contributed by atoms with van der Waals surface area (Å²) in [6, 6.07) is 6.03. The number of rotatable bonds is 3. The molecule has 7 heteroatoms. The second kappa shape index (κ2) is 5.69. The van der Waals surface area contributed by atoms with Crippen LogP contribution in [0.3, 0.4) is 0 Å². The SMILES string of the molecule is Cc1ccc(F)c(Oc2nc(C(F)(F)F)ccc2CN)c1. The first-order chi connectivity index (χ1) is 9.81. The van der Waals surface area contributed by atoms with E-state index in [4.69, 9.17) is 10.5 Å². The normalized spacial score (nSPS) is 11.5. The Morgan fingerprint density at radius 1 is 1.19 bits per heavy atom. The maximum absolute atomic E-state index is 13.6. The highest BCUT2D eigenvalue weighted by molar-refractivity contribution is 5.36. The third-order valence-corrected chi connectivity index (χ3v) is 2.74. The van der Waals surface area contributed by atoms with Gasteiger partial charge in [-0.1, -0.05) is 12.1 Å². The number of hydrogen-bond donors (Lipinski definition) is 1. The van der Waals surface area contributed by atoms with Gasteiger partial charge in [-0.15, -0.1) is 0 Å². The molecule has 0 unspecified atom stereocenters. The molecule has 0 saturated heterocycles. The van der Waals surface area contributed by atoms with Crippen molar-refractivity contribution in [2.75, 3.05) is 0 Å². The van der Waals surface area contributed by atoms with E-state index in [2.05, 4.69) is 4.98 Å². The minimum absolute atomic E-state index is 0.0755. The third kappa shape index (κ3) is 3.49. The summed E-state index contributed by atoms with van der Waals surface area (Å²) < 4.78 is 56.8. The zero-order chi connectivity index (χ0) is 15.6. The van der Waals surface area contributed by atoms with Crippen molar-refractivity contribution >= 4 is 0 Å². The number of aromatic nitrogens is 1. The predicted octanol–water partition coefficient (Wildman–Crippen LogP) is 3.80. The summed E-state index contributed by atoms with van der Waals surface area (Å²) in [6.07, 6.45) is -4.61. The van der Waals surface area contributed by atoms with Crippen molar-refractivity contribution < 1.29 is 22.3 Å². The fourth-order valence-electron chi connectivity index (χ4n) is 1.66. The van der Waals surface area contributed by atoms with Crippen LogP contribution in [0.1, 0.15) is 16.8 Å². The summed E-state index contributed by atoms with van der Waals surface area (Å²) >= 11 is 0. The van der Waals surface area contributed by atoms with Gasteiger partial charge in [0, 0.05) is 12.1 Å². The molecular formula is C14H12F4N2O. The van der Waals surface area contributed by atoms with Crippen LogP contribution in [0.2, 0.25) is 0 Å². The number of pyridine rings is 1. The monoisotopic (exact) mass is 300 g/mol. The van der Waals surface area contributed by atoms with E-state index in [9.17, 15) is 17.6 Å². The van der Waals surface area contributed by atoms with Crippen LogP contribution >= 0.6 is 0 Å². The molecule has 0 amide bonds. The average Bonchev–Trinajstić information content (AvgIpc) is 2.42. The Morgan fingerprint density at radius 3 is 2.52 bits per heavy atom. The number of halogens is 4. The van der Waals surface area contributed by atoms with Crippen molar-refractivity contribution in [3.05, 3.63) is 53.0 Å². The van der Waals surface area contributed by atoms with Crippen LogP contribution in [0.25, 0.3) is 0 Å². The lowest BCUT2D eigenvalue weighted by atomic mass is 10.2. The Hall–Kier alpha value is -2.15. The van der Waals surface area contributed by atoms with Crippen molar-refractivity contribution in [2.45, 2.75) is 19.6 Å². The molecule has 0 aliphatic carbocycles. The molecule has 1 aromatic heterocycles. The van der Waals surface area contributed by atoms with Crippen LogP contribution in [0, 0.1) is 12.7 Å². The van der Waals surface area contributed by atoms with Crippen LogP contribution in [-0.4, -0.2) is 4.98 Å². The maximum Gasteiger partial charge on any atom is 0.433 e. The van der Waals surface area contributed by atoms with E-state index >= 15 is 0 Å². The molecule has 2 aromatic rings. The van der Waals surface area contributed by atoms with Crippen molar-refractivity contribution in [1.29, 1.82) is 0 Å². The van der Waals surface area contributed by atoms with Gasteiger partial charge in [-0.2, -0.15) is 13.2 Å². The highest BCUT2D eigenvalue weighted by Gasteiger charge is 2.33. The molecule has 3 nitrogen and oxygen atoms in total. The summed E-state index contributed by atoms with van der Waals surface area (Å²) in [4.78, 5) is 3.39. The highest BCUT2D eigenvalue weighted by Crippen LogP contribution is 2.32. The lowest BCUT2D eigenvalue weighted by molar-refractivity contribution is -0.141. The lowest BCUT2D eigenvalue weighted by Crippen LogP contribution is -2.11. The van der Waals surface area contributed by atoms with Gasteiger partial charge in [0.05, 0.1) is 0 Å². The molecule has 0 bridgehead atoms. The summed E-state index contributed by atoms with van der Waals surface area (Å²) in [6.45, 7) is 1.63. The number of benzene rings is 1. The fourth-order valence-corrected chi connectivity index (χ4v) is 1.66. The fraction of sp³-hybridized carbons (Fsp3) is 0.214. The van der Waals surface area contributed by atoms with Crippen molar-refractivity contribution in [2.24, 2.45) is 5.73 Å². The van der Waals surface area contributed by atoms with E-state index in [0.29, 0.717) is 5.56 Å². The minimum Gasteiger partial charge on any atom is -0.436 e. The Bertz CT molecular complexity index is 656. The molecule has 0 atom stereocenters. The van der Waals surface area contributed by atoms with E-state index < -0.39 is 17.7 Å². The number of aryl methyl sites for hydroxylation is 1. The van der Waals surface area contributed by atoms with Crippen LogP contribution in [-0.2, 0) is 12.7 Å². The topological polar surface area (TPSA) is 48.1 Å². The average molecular weight is 300 g/mol. The number of nitrogens with zero attached hydrogens (tertiary/aromatic N) is 1. The summed E-state index contributed by atoms with van der Waals surface area (Å²) in [5, 5.41) is 0. The largest absolute Gasteiger partial charge is 0.436 e. The second-order valence-corrected chi connectivity index (χ2v) is 4.40. The van der Waals surface area contributed by atoms with Crippen LogP contribution < -0.4 is 10.5 Å². The molecule has 21 heavy (non-hydrogen) atoms. The summed E-state index contributed by atoms with van der Waals surface area (Å²) in [7, 11) is 0. The predicted molar refractivity (Wildman–Crippen MR) is 68.3 cm³/mol. The van der Waals surface area contributed by atoms with Crippen molar-refractivity contribution in [3.63, 3.8) is 0 Å². The first-order valence-electron chi connectivity index (χ1n) is 6.02. The van der Waals surface area contributed by atoms with Gasteiger partial charge >= 0.3 is 6.18 Å². The molecule has 0 saturated carbocycles. The zero-order valence-electron chi connectivity index (χ0n) is 11.0. The molecule has 112 valence electrons. The molecule has 0 radical (unpaired) electrons. The van der Waals surface area contributed by atoms with Crippen molar-refractivity contribution in [1.82, 2.24) is 4.98 Å². The molecule has 0 aliphatic rings. The molecule has 0 spiro atoms. The lowest BCUT2D eigenvalue weighted by Gasteiger charge is -2.13. The third-order valence-electron chi connectivity index (χ3n) is 2.74. The van der Waals surface area contributed by atoms with Gasteiger partial charge in [0.15, 0.2) is 11.6 Å². The van der Waals surface area contributed by atoms with Crippen LogP contribution in [0.4, 0.5) is 17.6 Å². The molecular weight excluding hydrogens is 288 g/mol. The molecule has 1 heterocycles. The maximum atomic E-state index is 13.6. The van der Waals surface area contributed by atoms with Crippen molar-refractivity contribution in [3.8, 4) is 11.6 Å². The molecule has 2 N–H and O–H groups in total. The number of alkyl halides is 3. The highest BCUT2D eigenvalue weighted by atomic mass is 19.4.